The second kappa shape index (κ2) is 6.36. The lowest BCUT2D eigenvalue weighted by molar-refractivity contribution is -0.139. The third-order valence-corrected chi connectivity index (χ3v) is 3.78. The van der Waals surface area contributed by atoms with Crippen molar-refractivity contribution in [2.75, 3.05) is 19.7 Å². The molecule has 7 nitrogen and oxygen atoms in total. The smallest absolute Gasteiger partial charge is 0.328 e. The van der Waals surface area contributed by atoms with Gasteiger partial charge in [0.2, 0.25) is 5.91 Å². The van der Waals surface area contributed by atoms with E-state index < -0.39 is 11.2 Å². The molecule has 1 saturated heterocycles. The highest BCUT2D eigenvalue weighted by atomic mass is 79.9. The lowest BCUT2D eigenvalue weighted by atomic mass is 10.2. The van der Waals surface area contributed by atoms with Crippen molar-refractivity contribution in [2.45, 2.75) is 26.0 Å². The van der Waals surface area contributed by atoms with E-state index in [2.05, 4.69) is 20.9 Å². The Bertz CT molecular complexity index is 609. The Hall–Kier alpha value is -1.41. The average Bonchev–Trinajstić information content (AvgIpc) is 2.44. The van der Waals surface area contributed by atoms with E-state index in [1.807, 2.05) is 6.92 Å². The Morgan fingerprint density at radius 3 is 3.00 bits per heavy atom. The third kappa shape index (κ3) is 3.37. The number of hydrogen-bond acceptors (Lipinski definition) is 4. The van der Waals surface area contributed by atoms with E-state index in [0.717, 1.165) is 6.42 Å². The van der Waals surface area contributed by atoms with E-state index in [9.17, 15) is 14.4 Å². The quantitative estimate of drug-likeness (QED) is 0.831. The van der Waals surface area contributed by atoms with E-state index in [4.69, 9.17) is 4.74 Å². The Kier molecular flexibility index (Phi) is 4.77. The Morgan fingerprint density at radius 1 is 1.55 bits per heavy atom. The standard InChI is InChI=1S/C12H16BrN3O4/c1-2-8-5-15(3-4-20-8)10(17)7-16-6-9(13)11(18)14-12(16)19/h6,8H,2-5,7H2,1H3,(H,14,18,19)/t8-/m0/s1. The van der Waals surface area contributed by atoms with Crippen molar-refractivity contribution in [2.24, 2.45) is 0 Å². The number of nitrogens with one attached hydrogen (secondary N) is 1. The second-order valence-corrected chi connectivity index (χ2v) is 5.46. The molecule has 1 atom stereocenters. The maximum Gasteiger partial charge on any atom is 0.328 e. The van der Waals surface area contributed by atoms with Crippen molar-refractivity contribution in [3.05, 3.63) is 31.5 Å². The first kappa shape index (κ1) is 15.0. The fourth-order valence-corrected chi connectivity index (χ4v) is 2.38. The van der Waals surface area contributed by atoms with Gasteiger partial charge in [-0.05, 0) is 22.4 Å². The molecule has 8 heteroatoms. The topological polar surface area (TPSA) is 84.4 Å². The normalized spacial score (nSPS) is 19.1. The monoisotopic (exact) mass is 345 g/mol. The summed E-state index contributed by atoms with van der Waals surface area (Å²) >= 11 is 3.04. The zero-order chi connectivity index (χ0) is 14.7. The van der Waals surface area contributed by atoms with Gasteiger partial charge in [-0.1, -0.05) is 6.92 Å². The van der Waals surface area contributed by atoms with Crippen LogP contribution in [0.5, 0.6) is 0 Å². The molecule has 1 aliphatic heterocycles. The number of amides is 1. The summed E-state index contributed by atoms with van der Waals surface area (Å²) in [5.74, 6) is -0.159. The largest absolute Gasteiger partial charge is 0.375 e. The summed E-state index contributed by atoms with van der Waals surface area (Å²) < 4.78 is 6.90. The number of morpholine rings is 1. The number of ether oxygens (including phenoxy) is 1. The number of carbonyl (C=O) groups excluding carboxylic acids is 1. The van der Waals surface area contributed by atoms with Gasteiger partial charge in [-0.3, -0.25) is 19.1 Å². The molecule has 20 heavy (non-hydrogen) atoms. The van der Waals surface area contributed by atoms with Crippen LogP contribution < -0.4 is 11.2 Å². The van der Waals surface area contributed by atoms with E-state index >= 15 is 0 Å². The van der Waals surface area contributed by atoms with Gasteiger partial charge in [0.25, 0.3) is 5.56 Å². The lowest BCUT2D eigenvalue weighted by Crippen LogP contribution is -2.47. The number of aromatic amines is 1. The molecule has 2 rings (SSSR count). The molecule has 1 N–H and O–H groups in total. The molecule has 0 spiro atoms. The van der Waals surface area contributed by atoms with Gasteiger partial charge >= 0.3 is 5.69 Å². The van der Waals surface area contributed by atoms with Gasteiger partial charge in [-0.15, -0.1) is 0 Å². The summed E-state index contributed by atoms with van der Waals surface area (Å²) in [4.78, 5) is 38.9. The molecule has 2 heterocycles. The van der Waals surface area contributed by atoms with E-state index in [1.165, 1.54) is 10.8 Å². The number of hydrogen-bond donors (Lipinski definition) is 1. The number of carbonyl (C=O) groups is 1. The van der Waals surface area contributed by atoms with Crippen molar-refractivity contribution < 1.29 is 9.53 Å². The molecule has 0 aliphatic carbocycles. The first-order chi connectivity index (χ1) is 9.51. The summed E-state index contributed by atoms with van der Waals surface area (Å²) in [7, 11) is 0. The zero-order valence-corrected chi connectivity index (χ0v) is 12.7. The van der Waals surface area contributed by atoms with E-state index in [-0.39, 0.29) is 23.0 Å². The Morgan fingerprint density at radius 2 is 2.30 bits per heavy atom. The van der Waals surface area contributed by atoms with Gasteiger partial charge in [0, 0.05) is 19.3 Å². The molecule has 1 aliphatic rings. The zero-order valence-electron chi connectivity index (χ0n) is 11.1. The number of rotatable bonds is 3. The van der Waals surface area contributed by atoms with Crippen LogP contribution in [0.3, 0.4) is 0 Å². The molecular formula is C12H16BrN3O4. The highest BCUT2D eigenvalue weighted by molar-refractivity contribution is 9.10. The third-order valence-electron chi connectivity index (χ3n) is 3.22. The Labute approximate surface area is 123 Å². The molecule has 1 aromatic rings. The first-order valence-corrected chi connectivity index (χ1v) is 7.19. The summed E-state index contributed by atoms with van der Waals surface area (Å²) in [6, 6.07) is 0. The molecule has 0 aromatic carbocycles. The van der Waals surface area contributed by atoms with Gasteiger partial charge in [-0.2, -0.15) is 0 Å². The van der Waals surface area contributed by atoms with Crippen molar-refractivity contribution in [1.82, 2.24) is 14.5 Å². The predicted octanol–water partition coefficient (Wildman–Crippen LogP) is -0.0635. The van der Waals surface area contributed by atoms with Gasteiger partial charge in [0.15, 0.2) is 0 Å². The summed E-state index contributed by atoms with van der Waals surface area (Å²) in [5, 5.41) is 0. The maximum absolute atomic E-state index is 12.2. The number of H-pyrrole nitrogens is 1. The molecule has 0 radical (unpaired) electrons. The minimum absolute atomic E-state index is 0.0479. The molecule has 110 valence electrons. The minimum atomic E-state index is -0.591. The van der Waals surface area contributed by atoms with Gasteiger partial charge < -0.3 is 9.64 Å². The SMILES string of the molecule is CC[C@H]1CN(C(=O)Cn2cc(Br)c(=O)[nH]c2=O)CCO1. The fourth-order valence-electron chi connectivity index (χ4n) is 2.04. The second-order valence-electron chi connectivity index (χ2n) is 4.61. The van der Waals surface area contributed by atoms with Gasteiger partial charge in [0.05, 0.1) is 17.2 Å². The number of nitrogens with zero attached hydrogens (tertiary/aromatic N) is 2. The molecule has 1 amide bonds. The van der Waals surface area contributed by atoms with Crippen LogP contribution in [-0.2, 0) is 16.1 Å². The van der Waals surface area contributed by atoms with Gasteiger partial charge in [0.1, 0.15) is 6.54 Å². The van der Waals surface area contributed by atoms with Crippen LogP contribution >= 0.6 is 15.9 Å². The summed E-state index contributed by atoms with van der Waals surface area (Å²) in [5.41, 5.74) is -1.09. The molecule has 1 aromatic heterocycles. The minimum Gasteiger partial charge on any atom is -0.375 e. The fraction of sp³-hybridized carbons (Fsp3) is 0.583. The van der Waals surface area contributed by atoms with Crippen LogP contribution in [0.15, 0.2) is 20.3 Å². The number of halogens is 1. The van der Waals surface area contributed by atoms with Crippen molar-refractivity contribution in [3.63, 3.8) is 0 Å². The van der Waals surface area contributed by atoms with Crippen LogP contribution in [0.2, 0.25) is 0 Å². The van der Waals surface area contributed by atoms with Crippen LogP contribution in [-0.4, -0.2) is 46.2 Å². The summed E-state index contributed by atoms with van der Waals surface area (Å²) in [6.45, 7) is 3.48. The summed E-state index contributed by atoms with van der Waals surface area (Å²) in [6.07, 6.45) is 2.22. The lowest BCUT2D eigenvalue weighted by Gasteiger charge is -2.32. The Balaban J connectivity index is 2.10. The number of aromatic nitrogens is 2. The van der Waals surface area contributed by atoms with Crippen molar-refractivity contribution in [3.8, 4) is 0 Å². The highest BCUT2D eigenvalue weighted by Gasteiger charge is 2.23. The van der Waals surface area contributed by atoms with Crippen molar-refractivity contribution in [1.29, 1.82) is 0 Å². The van der Waals surface area contributed by atoms with E-state index in [1.54, 1.807) is 4.90 Å². The van der Waals surface area contributed by atoms with Crippen LogP contribution in [0, 0.1) is 0 Å². The average molecular weight is 346 g/mol. The van der Waals surface area contributed by atoms with Crippen LogP contribution in [0.25, 0.3) is 0 Å². The van der Waals surface area contributed by atoms with Crippen molar-refractivity contribution >= 4 is 21.8 Å². The molecule has 0 saturated carbocycles. The molecular weight excluding hydrogens is 330 g/mol. The molecule has 0 bridgehead atoms. The maximum atomic E-state index is 12.2. The highest BCUT2D eigenvalue weighted by Crippen LogP contribution is 2.09. The van der Waals surface area contributed by atoms with Crippen LogP contribution in [0.1, 0.15) is 13.3 Å². The molecule has 0 unspecified atom stereocenters. The van der Waals surface area contributed by atoms with Gasteiger partial charge in [-0.25, -0.2) is 4.79 Å². The van der Waals surface area contributed by atoms with Crippen LogP contribution in [0.4, 0.5) is 0 Å². The first-order valence-electron chi connectivity index (χ1n) is 6.40. The molecule has 1 fully saturated rings. The predicted molar refractivity (Wildman–Crippen MR) is 75.6 cm³/mol. The van der Waals surface area contributed by atoms with E-state index in [0.29, 0.717) is 19.7 Å².